The molecule has 0 fully saturated rings. The van der Waals surface area contributed by atoms with Crippen LogP contribution in [0.15, 0.2) is 0 Å². The summed E-state index contributed by atoms with van der Waals surface area (Å²) in [6.07, 6.45) is 3.17. The predicted octanol–water partition coefficient (Wildman–Crippen LogP) is 1.96. The third-order valence-electron chi connectivity index (χ3n) is 3.32. The van der Waals surface area contributed by atoms with E-state index in [9.17, 15) is 8.42 Å². The summed E-state index contributed by atoms with van der Waals surface area (Å²) in [7, 11) is -3.18. The van der Waals surface area contributed by atoms with Gasteiger partial charge in [-0.15, -0.1) is 0 Å². The Morgan fingerprint density at radius 2 is 1.76 bits per heavy atom. The average Bonchev–Trinajstić information content (AvgIpc) is 2.32. The Hall–Kier alpha value is -0.130. The maximum absolute atomic E-state index is 12.3. The molecule has 0 aliphatic rings. The van der Waals surface area contributed by atoms with Gasteiger partial charge in [-0.2, -0.15) is 4.31 Å². The normalized spacial score (nSPS) is 16.1. The Bertz CT molecular complexity index is 298. The molecule has 0 aromatic heterocycles. The fourth-order valence-corrected chi connectivity index (χ4v) is 4.02. The van der Waals surface area contributed by atoms with E-state index >= 15 is 0 Å². The molecule has 0 radical (unpaired) electrons. The lowest BCUT2D eigenvalue weighted by molar-refractivity contribution is 0.206. The fourth-order valence-electron chi connectivity index (χ4n) is 1.81. The minimum absolute atomic E-state index is 0.235. The molecule has 0 aromatic carbocycles. The first-order chi connectivity index (χ1) is 7.87. The summed E-state index contributed by atoms with van der Waals surface area (Å²) >= 11 is 0. The van der Waals surface area contributed by atoms with Crippen LogP contribution in [0.3, 0.4) is 0 Å². The molecule has 0 saturated heterocycles. The minimum Gasteiger partial charge on any atom is -0.329 e. The van der Waals surface area contributed by atoms with Gasteiger partial charge in [0, 0.05) is 18.6 Å². The summed E-state index contributed by atoms with van der Waals surface area (Å²) in [5.74, 6) is 0.235. The SMILES string of the molecule is CCCCS(=O)(=O)N(CCC)C(C)(CC)CN. The molecule has 1 unspecified atom stereocenters. The zero-order valence-corrected chi connectivity index (χ0v) is 12.5. The van der Waals surface area contributed by atoms with E-state index in [2.05, 4.69) is 0 Å². The fraction of sp³-hybridized carbons (Fsp3) is 1.00. The van der Waals surface area contributed by atoms with Crippen molar-refractivity contribution in [1.82, 2.24) is 4.31 Å². The molecule has 0 spiro atoms. The third-order valence-corrected chi connectivity index (χ3v) is 5.42. The highest BCUT2D eigenvalue weighted by atomic mass is 32.2. The van der Waals surface area contributed by atoms with E-state index in [1.54, 1.807) is 4.31 Å². The number of unbranched alkanes of at least 4 members (excludes halogenated alkanes) is 1. The molecule has 0 aliphatic heterocycles. The van der Waals surface area contributed by atoms with Crippen molar-refractivity contribution in [2.75, 3.05) is 18.8 Å². The lowest BCUT2D eigenvalue weighted by atomic mass is 9.99. The highest BCUT2D eigenvalue weighted by Gasteiger charge is 2.36. The highest BCUT2D eigenvalue weighted by molar-refractivity contribution is 7.89. The first kappa shape index (κ1) is 16.9. The van der Waals surface area contributed by atoms with E-state index in [1.165, 1.54) is 0 Å². The molecule has 17 heavy (non-hydrogen) atoms. The summed E-state index contributed by atoms with van der Waals surface area (Å²) < 4.78 is 26.2. The van der Waals surface area contributed by atoms with Crippen LogP contribution in [0.4, 0.5) is 0 Å². The van der Waals surface area contributed by atoms with Crippen LogP contribution in [-0.2, 0) is 10.0 Å². The smallest absolute Gasteiger partial charge is 0.214 e. The average molecular weight is 264 g/mol. The van der Waals surface area contributed by atoms with Gasteiger partial charge in [-0.1, -0.05) is 27.2 Å². The van der Waals surface area contributed by atoms with Crippen molar-refractivity contribution in [2.45, 2.75) is 58.9 Å². The lowest BCUT2D eigenvalue weighted by Crippen LogP contribution is -2.54. The van der Waals surface area contributed by atoms with Gasteiger partial charge in [-0.3, -0.25) is 0 Å². The van der Waals surface area contributed by atoms with Crippen LogP contribution in [0.25, 0.3) is 0 Å². The molecule has 0 bridgehead atoms. The molecular formula is C12H28N2O2S. The van der Waals surface area contributed by atoms with E-state index < -0.39 is 15.6 Å². The first-order valence-corrected chi connectivity index (χ1v) is 8.19. The zero-order valence-electron chi connectivity index (χ0n) is 11.7. The number of nitrogens with zero attached hydrogens (tertiary/aromatic N) is 1. The second-order valence-corrected chi connectivity index (χ2v) is 6.81. The van der Waals surface area contributed by atoms with E-state index in [0.29, 0.717) is 19.5 Å². The van der Waals surface area contributed by atoms with Crippen LogP contribution in [0.2, 0.25) is 0 Å². The topological polar surface area (TPSA) is 63.4 Å². The summed E-state index contributed by atoms with van der Waals surface area (Å²) in [6.45, 7) is 8.86. The van der Waals surface area contributed by atoms with E-state index in [4.69, 9.17) is 5.73 Å². The molecule has 104 valence electrons. The molecule has 0 saturated carbocycles. The number of hydrogen-bond acceptors (Lipinski definition) is 3. The van der Waals surface area contributed by atoms with Crippen LogP contribution < -0.4 is 5.73 Å². The minimum atomic E-state index is -3.18. The van der Waals surface area contributed by atoms with Crippen molar-refractivity contribution in [3.63, 3.8) is 0 Å². The van der Waals surface area contributed by atoms with Gasteiger partial charge in [-0.05, 0) is 26.2 Å². The molecule has 4 nitrogen and oxygen atoms in total. The number of rotatable bonds is 9. The molecule has 1 atom stereocenters. The molecule has 2 N–H and O–H groups in total. The maximum Gasteiger partial charge on any atom is 0.214 e. The maximum atomic E-state index is 12.3. The van der Waals surface area contributed by atoms with Gasteiger partial charge >= 0.3 is 0 Å². The monoisotopic (exact) mass is 264 g/mol. The van der Waals surface area contributed by atoms with E-state index in [0.717, 1.165) is 19.3 Å². The highest BCUT2D eigenvalue weighted by Crippen LogP contribution is 2.23. The second kappa shape index (κ2) is 7.34. The molecule has 0 amide bonds. The van der Waals surface area contributed by atoms with E-state index in [-0.39, 0.29) is 5.75 Å². The Kier molecular flexibility index (Phi) is 7.28. The summed E-state index contributed by atoms with van der Waals surface area (Å²) in [6, 6.07) is 0. The summed E-state index contributed by atoms with van der Waals surface area (Å²) in [5, 5.41) is 0. The Labute approximate surface area is 107 Å². The number of hydrogen-bond donors (Lipinski definition) is 1. The zero-order chi connectivity index (χ0) is 13.5. The third kappa shape index (κ3) is 4.56. The van der Waals surface area contributed by atoms with E-state index in [1.807, 2.05) is 27.7 Å². The van der Waals surface area contributed by atoms with Gasteiger partial charge in [0.2, 0.25) is 10.0 Å². The van der Waals surface area contributed by atoms with Crippen molar-refractivity contribution < 1.29 is 8.42 Å². The van der Waals surface area contributed by atoms with Crippen LogP contribution in [0.1, 0.15) is 53.4 Å². The van der Waals surface area contributed by atoms with Gasteiger partial charge in [0.05, 0.1) is 5.75 Å². The van der Waals surface area contributed by atoms with Crippen molar-refractivity contribution in [1.29, 1.82) is 0 Å². The van der Waals surface area contributed by atoms with Crippen molar-refractivity contribution in [2.24, 2.45) is 5.73 Å². The Balaban J connectivity index is 5.07. The second-order valence-electron chi connectivity index (χ2n) is 4.80. The predicted molar refractivity (Wildman–Crippen MR) is 73.4 cm³/mol. The van der Waals surface area contributed by atoms with Crippen LogP contribution in [0.5, 0.6) is 0 Å². The molecule has 0 rings (SSSR count). The quantitative estimate of drug-likeness (QED) is 0.692. The standard InChI is InChI=1S/C12H28N2O2S/c1-5-8-10-17(15,16)14(9-6-2)12(4,7-3)11-13/h5-11,13H2,1-4H3. The van der Waals surface area contributed by atoms with Gasteiger partial charge in [0.15, 0.2) is 0 Å². The molecule has 0 aromatic rings. The summed E-state index contributed by atoms with van der Waals surface area (Å²) in [4.78, 5) is 0. The molecular weight excluding hydrogens is 236 g/mol. The van der Waals surface area contributed by atoms with Crippen molar-refractivity contribution in [3.05, 3.63) is 0 Å². The Morgan fingerprint density at radius 1 is 1.18 bits per heavy atom. The largest absolute Gasteiger partial charge is 0.329 e. The Morgan fingerprint density at radius 3 is 2.12 bits per heavy atom. The summed E-state index contributed by atoms with van der Waals surface area (Å²) in [5.41, 5.74) is 5.33. The van der Waals surface area contributed by atoms with Crippen LogP contribution in [0, 0.1) is 0 Å². The van der Waals surface area contributed by atoms with Crippen LogP contribution >= 0.6 is 0 Å². The molecule has 5 heteroatoms. The number of nitrogens with two attached hydrogens (primary N) is 1. The molecule has 0 heterocycles. The van der Waals surface area contributed by atoms with Gasteiger partial charge in [0.1, 0.15) is 0 Å². The van der Waals surface area contributed by atoms with Gasteiger partial charge < -0.3 is 5.73 Å². The van der Waals surface area contributed by atoms with Gasteiger partial charge in [-0.25, -0.2) is 8.42 Å². The van der Waals surface area contributed by atoms with Gasteiger partial charge in [0.25, 0.3) is 0 Å². The number of sulfonamides is 1. The molecule has 0 aliphatic carbocycles. The van der Waals surface area contributed by atoms with Crippen molar-refractivity contribution in [3.8, 4) is 0 Å². The van der Waals surface area contributed by atoms with Crippen molar-refractivity contribution >= 4 is 10.0 Å². The first-order valence-electron chi connectivity index (χ1n) is 6.58. The van der Waals surface area contributed by atoms with Crippen LogP contribution in [-0.4, -0.2) is 37.1 Å². The lowest BCUT2D eigenvalue weighted by Gasteiger charge is -2.39.